The largest absolute Gasteiger partial charge is 0.491 e. The van der Waals surface area contributed by atoms with Gasteiger partial charge in [-0.05, 0) is 30.2 Å². The molecule has 142 valence electrons. The van der Waals surface area contributed by atoms with Gasteiger partial charge >= 0.3 is 0 Å². The second kappa shape index (κ2) is 8.28. The van der Waals surface area contributed by atoms with Crippen LogP contribution in [-0.4, -0.2) is 34.2 Å². The number of rotatable bonds is 7. The number of nitrogens with zero attached hydrogens (tertiary/aromatic N) is 1. The number of nitrogens with one attached hydrogen (secondary N) is 2. The predicted molar refractivity (Wildman–Crippen MR) is 103 cm³/mol. The molecule has 0 atom stereocenters. The Labute approximate surface area is 160 Å². The molecule has 0 spiro atoms. The molecule has 1 aromatic carbocycles. The maximum Gasteiger partial charge on any atom is 0.239 e. The molecule has 3 N–H and O–H groups in total. The summed E-state index contributed by atoms with van der Waals surface area (Å²) in [6, 6.07) is 6.90. The summed E-state index contributed by atoms with van der Waals surface area (Å²) in [4.78, 5) is 27.2. The average molecular weight is 390 g/mol. The number of carbonyl (C=O) groups excluding carboxylic acids is 1. The number of aromatic amines is 1. The van der Waals surface area contributed by atoms with E-state index in [1.165, 1.54) is 23.9 Å². The molecule has 2 aromatic heterocycles. The van der Waals surface area contributed by atoms with Gasteiger partial charge in [0.25, 0.3) is 0 Å². The fraction of sp³-hybridized carbons (Fsp3) is 0.263. The van der Waals surface area contributed by atoms with E-state index in [0.717, 1.165) is 16.5 Å². The normalized spacial score (nSPS) is 10.9. The van der Waals surface area contributed by atoms with Crippen molar-refractivity contribution >= 4 is 28.4 Å². The zero-order valence-electron chi connectivity index (χ0n) is 14.8. The van der Waals surface area contributed by atoms with Gasteiger partial charge in [-0.1, -0.05) is 11.6 Å². The minimum Gasteiger partial charge on any atom is -0.491 e. The highest BCUT2D eigenvalue weighted by Gasteiger charge is 2.10. The van der Waals surface area contributed by atoms with E-state index in [4.69, 9.17) is 16.3 Å². The number of aromatic nitrogens is 2. The van der Waals surface area contributed by atoms with E-state index in [2.05, 4.69) is 10.3 Å². The minimum absolute atomic E-state index is 0.0216. The highest BCUT2D eigenvalue weighted by atomic mass is 35.5. The number of carbonyl (C=O) groups is 1. The van der Waals surface area contributed by atoms with Crippen molar-refractivity contribution in [2.45, 2.75) is 19.6 Å². The highest BCUT2D eigenvalue weighted by molar-refractivity contribution is 6.31. The van der Waals surface area contributed by atoms with Gasteiger partial charge in [-0.25, -0.2) is 0 Å². The fourth-order valence-corrected chi connectivity index (χ4v) is 3.11. The molecule has 0 fully saturated rings. The SMILES string of the molecule is COc1cn(CC(=O)NCCc2c[nH]c3ccc(Cl)cc23)c(CO)cc1=O. The van der Waals surface area contributed by atoms with Crippen molar-refractivity contribution in [2.24, 2.45) is 0 Å². The first kappa shape index (κ1) is 19.0. The zero-order valence-corrected chi connectivity index (χ0v) is 15.5. The van der Waals surface area contributed by atoms with E-state index in [1.807, 2.05) is 24.4 Å². The Hall–Kier alpha value is -2.77. The van der Waals surface area contributed by atoms with Gasteiger partial charge in [-0.2, -0.15) is 0 Å². The van der Waals surface area contributed by atoms with E-state index >= 15 is 0 Å². The minimum atomic E-state index is -0.345. The average Bonchev–Trinajstić information content (AvgIpc) is 3.05. The van der Waals surface area contributed by atoms with Crippen LogP contribution >= 0.6 is 11.6 Å². The number of aliphatic hydroxyl groups excluding tert-OH is 1. The van der Waals surface area contributed by atoms with Crippen LogP contribution in [0.15, 0.2) is 41.5 Å². The Morgan fingerprint density at radius 2 is 2.19 bits per heavy atom. The first-order valence-electron chi connectivity index (χ1n) is 8.42. The van der Waals surface area contributed by atoms with Crippen molar-refractivity contribution in [1.29, 1.82) is 0 Å². The summed E-state index contributed by atoms with van der Waals surface area (Å²) in [5, 5.41) is 13.9. The third-order valence-corrected chi connectivity index (χ3v) is 4.56. The van der Waals surface area contributed by atoms with Crippen LogP contribution in [0, 0.1) is 0 Å². The summed E-state index contributed by atoms with van der Waals surface area (Å²) in [6.07, 6.45) is 3.98. The fourth-order valence-electron chi connectivity index (χ4n) is 2.94. The first-order valence-corrected chi connectivity index (χ1v) is 8.80. The number of hydrogen-bond donors (Lipinski definition) is 3. The molecule has 8 heteroatoms. The van der Waals surface area contributed by atoms with Gasteiger partial charge in [0.1, 0.15) is 6.54 Å². The molecule has 0 unspecified atom stereocenters. The Kier molecular flexibility index (Phi) is 5.83. The maximum absolute atomic E-state index is 12.2. The number of halogens is 1. The lowest BCUT2D eigenvalue weighted by Gasteiger charge is -2.13. The Morgan fingerprint density at radius 3 is 2.93 bits per heavy atom. The molecule has 3 aromatic rings. The van der Waals surface area contributed by atoms with Crippen LogP contribution in [0.4, 0.5) is 0 Å². The lowest BCUT2D eigenvalue weighted by molar-refractivity contribution is -0.121. The zero-order chi connectivity index (χ0) is 19.4. The van der Waals surface area contributed by atoms with Crippen LogP contribution in [0.3, 0.4) is 0 Å². The van der Waals surface area contributed by atoms with Crippen molar-refractivity contribution in [3.8, 4) is 5.75 Å². The molecule has 0 radical (unpaired) electrons. The van der Waals surface area contributed by atoms with Crippen LogP contribution in [0.5, 0.6) is 5.75 Å². The molecule has 0 aliphatic rings. The van der Waals surface area contributed by atoms with Gasteiger partial charge in [0, 0.05) is 40.4 Å². The molecule has 2 heterocycles. The van der Waals surface area contributed by atoms with Crippen LogP contribution in [0.1, 0.15) is 11.3 Å². The molecule has 0 saturated heterocycles. The number of hydrogen-bond acceptors (Lipinski definition) is 4. The van der Waals surface area contributed by atoms with Crippen LogP contribution in [-0.2, 0) is 24.4 Å². The monoisotopic (exact) mass is 389 g/mol. The summed E-state index contributed by atoms with van der Waals surface area (Å²) in [5.41, 5.74) is 2.07. The van der Waals surface area contributed by atoms with E-state index in [-0.39, 0.29) is 30.2 Å². The third kappa shape index (κ3) is 4.32. The van der Waals surface area contributed by atoms with E-state index < -0.39 is 0 Å². The van der Waals surface area contributed by atoms with Gasteiger partial charge in [0.15, 0.2) is 5.75 Å². The number of fused-ring (bicyclic) bond motifs is 1. The van der Waals surface area contributed by atoms with Crippen molar-refractivity contribution in [3.63, 3.8) is 0 Å². The van der Waals surface area contributed by atoms with E-state index in [0.29, 0.717) is 23.7 Å². The van der Waals surface area contributed by atoms with Crippen molar-refractivity contribution in [3.05, 3.63) is 63.2 Å². The van der Waals surface area contributed by atoms with E-state index in [1.54, 1.807) is 0 Å². The number of pyridine rings is 1. The number of ether oxygens (including phenoxy) is 1. The lowest BCUT2D eigenvalue weighted by atomic mass is 10.1. The summed E-state index contributed by atoms with van der Waals surface area (Å²) >= 11 is 6.05. The standard InChI is InChI=1S/C19H20ClN3O4/c1-27-18-9-23(14(11-24)7-17(18)25)10-19(26)21-5-4-12-8-22-16-3-2-13(20)6-15(12)16/h2-3,6-9,22,24H,4-5,10-11H2,1H3,(H,21,26). The van der Waals surface area contributed by atoms with Crippen LogP contribution in [0.2, 0.25) is 5.02 Å². The van der Waals surface area contributed by atoms with Gasteiger partial charge in [0.05, 0.1) is 19.9 Å². The second-order valence-electron chi connectivity index (χ2n) is 6.09. The molecule has 1 amide bonds. The van der Waals surface area contributed by atoms with Gasteiger partial charge in [0.2, 0.25) is 11.3 Å². The van der Waals surface area contributed by atoms with Crippen molar-refractivity contribution in [1.82, 2.24) is 14.9 Å². The lowest BCUT2D eigenvalue weighted by Crippen LogP contribution is -2.30. The molecule has 0 bridgehead atoms. The number of benzene rings is 1. The number of aliphatic hydroxyl groups is 1. The van der Waals surface area contributed by atoms with Crippen molar-refractivity contribution < 1.29 is 14.6 Å². The smallest absolute Gasteiger partial charge is 0.239 e. The van der Waals surface area contributed by atoms with E-state index in [9.17, 15) is 14.7 Å². The Balaban J connectivity index is 1.63. The molecule has 0 saturated carbocycles. The first-order chi connectivity index (χ1) is 13.0. The molecular formula is C19H20ClN3O4. The third-order valence-electron chi connectivity index (χ3n) is 4.32. The van der Waals surface area contributed by atoms with Gasteiger partial charge in [-0.15, -0.1) is 0 Å². The van der Waals surface area contributed by atoms with Gasteiger partial charge in [-0.3, -0.25) is 9.59 Å². The quantitative estimate of drug-likeness (QED) is 0.574. The number of amides is 1. The second-order valence-corrected chi connectivity index (χ2v) is 6.52. The number of methoxy groups -OCH3 is 1. The van der Waals surface area contributed by atoms with Gasteiger partial charge < -0.3 is 24.7 Å². The Bertz CT molecular complexity index is 1030. The summed E-state index contributed by atoms with van der Waals surface area (Å²) in [6.45, 7) is 0.0823. The van der Waals surface area contributed by atoms with Crippen LogP contribution < -0.4 is 15.5 Å². The maximum atomic E-state index is 12.2. The molecule has 7 nitrogen and oxygen atoms in total. The summed E-state index contributed by atoms with van der Waals surface area (Å²) < 4.78 is 6.49. The van der Waals surface area contributed by atoms with Crippen LogP contribution in [0.25, 0.3) is 10.9 Å². The number of H-pyrrole nitrogens is 1. The topological polar surface area (TPSA) is 96.3 Å². The molecule has 3 rings (SSSR count). The summed E-state index contributed by atoms with van der Waals surface area (Å²) in [7, 11) is 1.38. The molecule has 0 aliphatic carbocycles. The predicted octanol–water partition coefficient (Wildman–Crippen LogP) is 1.84. The molecule has 27 heavy (non-hydrogen) atoms. The Morgan fingerprint density at radius 1 is 1.37 bits per heavy atom. The molecular weight excluding hydrogens is 370 g/mol. The van der Waals surface area contributed by atoms with Crippen molar-refractivity contribution in [2.75, 3.05) is 13.7 Å². The summed E-state index contributed by atoms with van der Waals surface area (Å²) in [5.74, 6) is -0.107. The molecule has 0 aliphatic heterocycles. The highest BCUT2D eigenvalue weighted by Crippen LogP contribution is 2.22.